The van der Waals surface area contributed by atoms with Crippen LogP contribution in [0.25, 0.3) is 0 Å². The van der Waals surface area contributed by atoms with Gasteiger partial charge in [-0.25, -0.2) is 22.6 Å². The van der Waals surface area contributed by atoms with Gasteiger partial charge in [0.1, 0.15) is 28.9 Å². The van der Waals surface area contributed by atoms with Gasteiger partial charge in [-0.05, 0) is 37.0 Å². The van der Waals surface area contributed by atoms with Crippen LogP contribution in [-0.2, 0) is 28.0 Å². The normalized spacial score (nSPS) is 17.0. The number of carbonyl (C=O) groups is 2. The summed E-state index contributed by atoms with van der Waals surface area (Å²) >= 11 is 0. The van der Waals surface area contributed by atoms with Crippen molar-refractivity contribution < 1.29 is 36.6 Å². The van der Waals surface area contributed by atoms with Crippen LogP contribution in [-0.4, -0.2) is 57.2 Å². The smallest absolute Gasteiger partial charge is 0.339 e. The molecule has 2 aromatic heterocycles. The molecule has 1 aliphatic carbocycles. The molecule has 11 nitrogen and oxygen atoms in total. The average molecular weight is 678 g/mol. The number of carbonyl (C=O) groups excluding carboxylic acids is 1. The average Bonchev–Trinajstić information content (AvgIpc) is 3.07. The lowest BCUT2D eigenvalue weighted by molar-refractivity contribution is -0.125. The van der Waals surface area contributed by atoms with Crippen molar-refractivity contribution in [3.63, 3.8) is 0 Å². The quantitative estimate of drug-likeness (QED) is 0.205. The Morgan fingerprint density at radius 2 is 1.71 bits per heavy atom. The molecule has 1 N–H and O–H groups in total. The van der Waals surface area contributed by atoms with Crippen LogP contribution in [0, 0.1) is 11.8 Å². The molecule has 1 saturated heterocycles. The Labute approximate surface area is 276 Å². The zero-order chi connectivity index (χ0) is 33.8. The third-order valence-corrected chi connectivity index (χ3v) is 10.6. The topological polar surface area (TPSA) is 143 Å². The Bertz CT molecular complexity index is 1910. The lowest BCUT2D eigenvalue weighted by atomic mass is 9.87. The van der Waals surface area contributed by atoms with E-state index in [0.717, 1.165) is 41.2 Å². The number of aromatic nitrogens is 3. The lowest BCUT2D eigenvalue weighted by Crippen LogP contribution is -2.59. The van der Waals surface area contributed by atoms with E-state index in [1.807, 2.05) is 30.3 Å². The maximum absolute atomic E-state index is 14.2. The maximum Gasteiger partial charge on any atom is 0.339 e. The molecule has 1 atom stereocenters. The first-order valence-corrected chi connectivity index (χ1v) is 17.0. The Kier molecular flexibility index (Phi) is 9.73. The number of halogens is 2. The minimum Gasteiger partial charge on any atom is -0.488 e. The Morgan fingerprint density at radius 3 is 2.35 bits per heavy atom. The number of ether oxygens (including phenoxy) is 1. The van der Waals surface area contributed by atoms with Crippen molar-refractivity contribution in [1.29, 1.82) is 0 Å². The van der Waals surface area contributed by atoms with Gasteiger partial charge < -0.3 is 14.7 Å². The number of hydrogen-bond acceptors (Lipinski definition) is 8. The molecule has 48 heavy (non-hydrogen) atoms. The van der Waals surface area contributed by atoms with E-state index in [2.05, 4.69) is 15.0 Å². The predicted octanol–water partition coefficient (Wildman–Crippen LogP) is 5.47. The Hall–Kier alpha value is -4.82. The minimum absolute atomic E-state index is 0.00586. The van der Waals surface area contributed by atoms with E-state index in [4.69, 9.17) is 4.74 Å². The molecular weight excluding hydrogens is 644 g/mol. The van der Waals surface area contributed by atoms with E-state index in [1.54, 1.807) is 12.4 Å². The number of carboxylic acid groups (broad SMARTS) is 1. The fraction of sp³-hybridized carbons (Fsp3) is 0.324. The van der Waals surface area contributed by atoms with Crippen LogP contribution in [0.15, 0.2) is 78.1 Å². The van der Waals surface area contributed by atoms with E-state index >= 15 is 0 Å². The zero-order valence-electron chi connectivity index (χ0n) is 25.8. The van der Waals surface area contributed by atoms with Crippen molar-refractivity contribution in [3.8, 4) is 5.75 Å². The summed E-state index contributed by atoms with van der Waals surface area (Å²) in [6.45, 7) is -0.0904. The molecule has 6 rings (SSSR count). The van der Waals surface area contributed by atoms with E-state index < -0.39 is 44.6 Å². The third-order valence-electron chi connectivity index (χ3n) is 8.71. The van der Waals surface area contributed by atoms with Gasteiger partial charge in [-0.3, -0.25) is 14.8 Å². The molecule has 0 bridgehead atoms. The first kappa shape index (κ1) is 33.1. The van der Waals surface area contributed by atoms with Crippen LogP contribution < -0.4 is 9.64 Å². The van der Waals surface area contributed by atoms with Crippen molar-refractivity contribution in [3.05, 3.63) is 107 Å². The van der Waals surface area contributed by atoms with Gasteiger partial charge in [0, 0.05) is 36.5 Å². The number of carboxylic acids is 1. The van der Waals surface area contributed by atoms with Gasteiger partial charge in [0.05, 0.1) is 30.3 Å². The highest BCUT2D eigenvalue weighted by Gasteiger charge is 2.45. The molecule has 2 aliphatic rings. The van der Waals surface area contributed by atoms with Gasteiger partial charge in [0.25, 0.3) is 0 Å². The first-order chi connectivity index (χ1) is 23.1. The largest absolute Gasteiger partial charge is 0.488 e. The molecule has 1 saturated carbocycles. The molecule has 2 fully saturated rings. The summed E-state index contributed by atoms with van der Waals surface area (Å²) in [7, 11) is -4.42. The molecule has 1 unspecified atom stereocenters. The minimum atomic E-state index is -4.42. The summed E-state index contributed by atoms with van der Waals surface area (Å²) in [5.74, 6) is -4.42. The second-order valence-electron chi connectivity index (χ2n) is 11.8. The molecule has 3 heterocycles. The highest BCUT2D eigenvalue weighted by atomic mass is 32.2. The molecule has 1 amide bonds. The van der Waals surface area contributed by atoms with Gasteiger partial charge in [0.15, 0.2) is 5.82 Å². The summed E-state index contributed by atoms with van der Waals surface area (Å²) < 4.78 is 61.0. The molecule has 250 valence electrons. The van der Waals surface area contributed by atoms with E-state index in [9.17, 15) is 31.9 Å². The summed E-state index contributed by atoms with van der Waals surface area (Å²) in [6.07, 6.45) is 9.64. The zero-order valence-corrected chi connectivity index (χ0v) is 26.7. The fourth-order valence-corrected chi connectivity index (χ4v) is 7.57. The van der Waals surface area contributed by atoms with Crippen molar-refractivity contribution in [2.24, 2.45) is 0 Å². The van der Waals surface area contributed by atoms with Crippen LogP contribution in [0.3, 0.4) is 0 Å². The summed E-state index contributed by atoms with van der Waals surface area (Å²) in [6, 6.07) is 12.7. The number of pyridine rings is 1. The number of anilines is 1. The van der Waals surface area contributed by atoms with E-state index in [-0.39, 0.29) is 43.1 Å². The van der Waals surface area contributed by atoms with Gasteiger partial charge >= 0.3 is 5.97 Å². The number of nitrogens with zero attached hydrogens (tertiary/aromatic N) is 5. The summed E-state index contributed by atoms with van der Waals surface area (Å²) in [5.41, 5.74) is 2.20. The maximum atomic E-state index is 14.2. The second-order valence-corrected chi connectivity index (χ2v) is 13.7. The van der Waals surface area contributed by atoms with Gasteiger partial charge in [0.2, 0.25) is 21.9 Å². The molecule has 1 aliphatic heterocycles. The van der Waals surface area contributed by atoms with Crippen LogP contribution in [0.5, 0.6) is 5.75 Å². The highest BCUT2D eigenvalue weighted by Crippen LogP contribution is 2.34. The monoisotopic (exact) mass is 677 g/mol. The van der Waals surface area contributed by atoms with Crippen LogP contribution in [0.2, 0.25) is 0 Å². The molecule has 14 heteroatoms. The first-order valence-electron chi connectivity index (χ1n) is 15.6. The third kappa shape index (κ3) is 7.04. The molecule has 2 aromatic carbocycles. The number of amides is 1. The number of rotatable bonds is 11. The number of hydrogen-bond donors (Lipinski definition) is 1. The second kappa shape index (κ2) is 14.1. The molecular formula is C34H33F2N5O6S. The van der Waals surface area contributed by atoms with Crippen LogP contribution >= 0.6 is 0 Å². The highest BCUT2D eigenvalue weighted by molar-refractivity contribution is 7.89. The molecule has 0 radical (unpaired) electrons. The Balaban J connectivity index is 1.32. The van der Waals surface area contributed by atoms with Crippen molar-refractivity contribution in [2.75, 3.05) is 11.4 Å². The number of sulfonamides is 1. The molecule has 0 spiro atoms. The predicted molar refractivity (Wildman–Crippen MR) is 170 cm³/mol. The van der Waals surface area contributed by atoms with Crippen molar-refractivity contribution in [2.45, 2.75) is 68.5 Å². The van der Waals surface area contributed by atoms with E-state index in [1.165, 1.54) is 29.5 Å². The Morgan fingerprint density at radius 1 is 0.938 bits per heavy atom. The fourth-order valence-electron chi connectivity index (χ4n) is 5.98. The number of benzene rings is 2. The van der Waals surface area contributed by atoms with Gasteiger partial charge in [-0.15, -0.1) is 0 Å². The summed E-state index contributed by atoms with van der Waals surface area (Å²) in [4.78, 5) is 39.4. The van der Waals surface area contributed by atoms with Crippen molar-refractivity contribution in [1.82, 2.24) is 19.3 Å². The molecule has 4 aromatic rings. The van der Waals surface area contributed by atoms with E-state index in [0.29, 0.717) is 23.9 Å². The number of aromatic carboxylic acids is 1. The summed E-state index contributed by atoms with van der Waals surface area (Å²) in [5, 5.41) is 9.87. The van der Waals surface area contributed by atoms with Crippen LogP contribution in [0.4, 0.5) is 14.5 Å². The van der Waals surface area contributed by atoms with Crippen molar-refractivity contribution >= 4 is 27.6 Å². The van der Waals surface area contributed by atoms with Gasteiger partial charge in [-0.2, -0.15) is 8.70 Å². The van der Waals surface area contributed by atoms with Crippen LogP contribution in [0.1, 0.15) is 71.8 Å². The van der Waals surface area contributed by atoms with Gasteiger partial charge in [-0.1, -0.05) is 49.6 Å². The lowest BCUT2D eigenvalue weighted by Gasteiger charge is -2.40. The SMILES string of the molecule is O=C(O)c1ccc(N(Cc2cnc(C3CCCCC3)cn2)C(=O)C2CCN2S(=O)(=O)c2cnc(F)c(F)c2)cc1OCc1ccccc1. The standard InChI is InChI=1S/C34H33F2N5O6S/c35-28-16-26(18-39-32(28)36)48(45,46)41-14-13-30(41)33(42)40(20-24-17-38-29(19-37-24)23-9-5-2-6-10-23)25-11-12-27(34(43)44)31(15-25)47-21-22-7-3-1-4-8-22/h1,3-4,7-8,11-12,15-19,23,30H,2,5-6,9-10,13-14,20-21H2,(H,43,44).